The first-order valence-corrected chi connectivity index (χ1v) is 5.37. The van der Waals surface area contributed by atoms with Gasteiger partial charge in [0.1, 0.15) is 0 Å². The maximum Gasteiger partial charge on any atom is 0.328 e. The van der Waals surface area contributed by atoms with E-state index in [-0.39, 0.29) is 19.5 Å². The Labute approximate surface area is 107 Å². The molecule has 3 N–H and O–H groups in total. The van der Waals surface area contributed by atoms with Gasteiger partial charge in [-0.25, -0.2) is 18.0 Å². The predicted molar refractivity (Wildman–Crippen MR) is 61.8 cm³/mol. The molecular formula is C11H12F3N3O2. The highest BCUT2D eigenvalue weighted by molar-refractivity contribution is 5.95. The summed E-state index contributed by atoms with van der Waals surface area (Å²) in [7, 11) is 0. The van der Waals surface area contributed by atoms with Crippen LogP contribution in [-0.2, 0) is 4.79 Å². The van der Waals surface area contributed by atoms with E-state index < -0.39 is 29.2 Å². The van der Waals surface area contributed by atoms with Crippen LogP contribution in [0.2, 0.25) is 0 Å². The maximum atomic E-state index is 13.3. The van der Waals surface area contributed by atoms with E-state index in [4.69, 9.17) is 5.73 Å². The first-order chi connectivity index (χ1) is 9.01. The van der Waals surface area contributed by atoms with Gasteiger partial charge < -0.3 is 11.1 Å². The Bertz CT molecular complexity index is 482. The molecule has 104 valence electrons. The number of amides is 3. The third-order valence-electron chi connectivity index (χ3n) is 2.27. The summed E-state index contributed by atoms with van der Waals surface area (Å²) in [6.45, 7) is 0.300. The minimum atomic E-state index is -1.70. The molecule has 0 aliphatic heterocycles. The van der Waals surface area contributed by atoms with E-state index in [2.05, 4.69) is 0 Å². The van der Waals surface area contributed by atoms with Gasteiger partial charge in [0.2, 0.25) is 6.41 Å². The molecule has 0 spiro atoms. The number of hydrogen-bond acceptors (Lipinski definition) is 3. The van der Waals surface area contributed by atoms with Gasteiger partial charge in [0, 0.05) is 6.54 Å². The summed E-state index contributed by atoms with van der Waals surface area (Å²) in [5.74, 6) is -4.60. The van der Waals surface area contributed by atoms with Crippen molar-refractivity contribution in [3.63, 3.8) is 0 Å². The molecule has 1 rings (SSSR count). The standard InChI is InChI=1S/C11H12F3N3O2/c12-7-2-3-8(10(14)9(7)13)16-11(19)17(6-18)5-1-4-15/h2-3,6H,1,4-5,15H2,(H,16,19). The van der Waals surface area contributed by atoms with Gasteiger partial charge in [-0.2, -0.15) is 0 Å². The fourth-order valence-corrected chi connectivity index (χ4v) is 1.27. The van der Waals surface area contributed by atoms with Gasteiger partial charge >= 0.3 is 6.03 Å². The van der Waals surface area contributed by atoms with E-state index in [1.165, 1.54) is 0 Å². The van der Waals surface area contributed by atoms with E-state index in [1.54, 1.807) is 0 Å². The Morgan fingerprint density at radius 2 is 2.00 bits per heavy atom. The number of hydrogen-bond donors (Lipinski definition) is 2. The highest BCUT2D eigenvalue weighted by Crippen LogP contribution is 2.19. The van der Waals surface area contributed by atoms with Gasteiger partial charge in [0.15, 0.2) is 17.5 Å². The molecular weight excluding hydrogens is 263 g/mol. The van der Waals surface area contributed by atoms with Crippen LogP contribution >= 0.6 is 0 Å². The zero-order chi connectivity index (χ0) is 14.4. The lowest BCUT2D eigenvalue weighted by Gasteiger charge is -2.16. The fourth-order valence-electron chi connectivity index (χ4n) is 1.27. The second-order valence-corrected chi connectivity index (χ2v) is 3.59. The maximum absolute atomic E-state index is 13.3. The molecule has 0 aliphatic rings. The third kappa shape index (κ3) is 3.68. The van der Waals surface area contributed by atoms with E-state index in [1.807, 2.05) is 5.32 Å². The van der Waals surface area contributed by atoms with E-state index in [9.17, 15) is 22.8 Å². The summed E-state index contributed by atoms with van der Waals surface area (Å²) in [5.41, 5.74) is 4.67. The molecule has 0 aromatic heterocycles. The van der Waals surface area contributed by atoms with Crippen molar-refractivity contribution in [2.75, 3.05) is 18.4 Å². The Balaban J connectivity index is 2.81. The molecule has 19 heavy (non-hydrogen) atoms. The lowest BCUT2D eigenvalue weighted by molar-refractivity contribution is -0.115. The van der Waals surface area contributed by atoms with Crippen LogP contribution in [0.3, 0.4) is 0 Å². The number of urea groups is 1. The van der Waals surface area contributed by atoms with Gasteiger partial charge in [-0.15, -0.1) is 0 Å². The topological polar surface area (TPSA) is 75.4 Å². The SMILES string of the molecule is NCCCN(C=O)C(=O)Nc1ccc(F)c(F)c1F. The molecule has 0 fully saturated rings. The minimum absolute atomic E-state index is 0.0388. The average molecular weight is 275 g/mol. The van der Waals surface area contributed by atoms with Crippen LogP contribution in [0, 0.1) is 17.5 Å². The number of nitrogens with two attached hydrogens (primary N) is 1. The molecule has 1 aromatic carbocycles. The quantitative estimate of drug-likeness (QED) is 0.630. The van der Waals surface area contributed by atoms with Gasteiger partial charge in [-0.3, -0.25) is 9.69 Å². The zero-order valence-corrected chi connectivity index (χ0v) is 9.83. The minimum Gasteiger partial charge on any atom is -0.330 e. The number of imide groups is 1. The van der Waals surface area contributed by atoms with E-state index >= 15 is 0 Å². The van der Waals surface area contributed by atoms with E-state index in [0.29, 0.717) is 17.4 Å². The molecule has 1 aromatic rings. The van der Waals surface area contributed by atoms with E-state index in [0.717, 1.165) is 6.07 Å². The predicted octanol–water partition coefficient (Wildman–Crippen LogP) is 1.44. The molecule has 0 aliphatic carbocycles. The molecule has 0 radical (unpaired) electrons. The van der Waals surface area contributed by atoms with Crippen molar-refractivity contribution < 1.29 is 22.8 Å². The van der Waals surface area contributed by atoms with Gasteiger partial charge in [-0.1, -0.05) is 0 Å². The number of nitrogens with zero attached hydrogens (tertiary/aromatic N) is 1. The number of carbonyl (C=O) groups is 2. The second kappa shape index (κ2) is 6.74. The van der Waals surface area contributed by atoms with Gasteiger partial charge in [0.05, 0.1) is 5.69 Å². The summed E-state index contributed by atoms with van der Waals surface area (Å²) >= 11 is 0. The van der Waals surface area contributed by atoms with Crippen LogP contribution in [0.5, 0.6) is 0 Å². The normalized spacial score (nSPS) is 10.1. The lowest BCUT2D eigenvalue weighted by Crippen LogP contribution is -2.35. The molecule has 8 heteroatoms. The number of rotatable bonds is 5. The van der Waals surface area contributed by atoms with Crippen molar-refractivity contribution in [2.45, 2.75) is 6.42 Å². The van der Waals surface area contributed by atoms with Crippen molar-refractivity contribution in [3.05, 3.63) is 29.6 Å². The first kappa shape index (κ1) is 15.0. The lowest BCUT2D eigenvalue weighted by atomic mass is 10.3. The smallest absolute Gasteiger partial charge is 0.328 e. The molecule has 3 amide bonds. The summed E-state index contributed by atoms with van der Waals surface area (Å²) in [6.07, 6.45) is 0.606. The summed E-state index contributed by atoms with van der Waals surface area (Å²) in [6, 6.07) is 0.574. The Morgan fingerprint density at radius 3 is 2.58 bits per heavy atom. The van der Waals surface area contributed by atoms with Crippen LogP contribution < -0.4 is 11.1 Å². The van der Waals surface area contributed by atoms with Crippen LogP contribution in [0.25, 0.3) is 0 Å². The number of nitrogens with one attached hydrogen (secondary N) is 1. The average Bonchev–Trinajstić information content (AvgIpc) is 2.40. The highest BCUT2D eigenvalue weighted by atomic mass is 19.2. The molecule has 0 heterocycles. The Morgan fingerprint density at radius 1 is 1.32 bits per heavy atom. The van der Waals surface area contributed by atoms with Crippen LogP contribution in [0.4, 0.5) is 23.7 Å². The summed E-state index contributed by atoms with van der Waals surface area (Å²) in [5, 5.41) is 1.97. The first-order valence-electron chi connectivity index (χ1n) is 5.37. The van der Waals surface area contributed by atoms with Crippen LogP contribution in [-0.4, -0.2) is 30.4 Å². The van der Waals surface area contributed by atoms with Crippen molar-refractivity contribution in [3.8, 4) is 0 Å². The van der Waals surface area contributed by atoms with Gasteiger partial charge in [0.25, 0.3) is 0 Å². The Hall–Kier alpha value is -2.09. The second-order valence-electron chi connectivity index (χ2n) is 3.59. The van der Waals surface area contributed by atoms with Crippen molar-refractivity contribution in [2.24, 2.45) is 5.73 Å². The summed E-state index contributed by atoms with van der Waals surface area (Å²) in [4.78, 5) is 22.9. The number of carbonyl (C=O) groups excluding carboxylic acids is 2. The summed E-state index contributed by atoms with van der Waals surface area (Å²) < 4.78 is 38.9. The largest absolute Gasteiger partial charge is 0.330 e. The number of benzene rings is 1. The molecule has 0 saturated heterocycles. The highest BCUT2D eigenvalue weighted by Gasteiger charge is 2.18. The number of anilines is 1. The van der Waals surface area contributed by atoms with Crippen molar-refractivity contribution >= 4 is 18.1 Å². The fraction of sp³-hybridized carbons (Fsp3) is 0.273. The molecule has 5 nitrogen and oxygen atoms in total. The number of halogens is 3. The van der Waals surface area contributed by atoms with Gasteiger partial charge in [-0.05, 0) is 25.1 Å². The molecule has 0 unspecified atom stereocenters. The Kier molecular flexibility index (Phi) is 5.31. The van der Waals surface area contributed by atoms with Crippen LogP contribution in [0.15, 0.2) is 12.1 Å². The molecule has 0 bridgehead atoms. The molecule has 0 atom stereocenters. The van der Waals surface area contributed by atoms with Crippen molar-refractivity contribution in [1.82, 2.24) is 4.90 Å². The molecule has 0 saturated carbocycles. The van der Waals surface area contributed by atoms with Crippen LogP contribution in [0.1, 0.15) is 6.42 Å². The third-order valence-corrected chi connectivity index (χ3v) is 2.27. The van der Waals surface area contributed by atoms with Crippen molar-refractivity contribution in [1.29, 1.82) is 0 Å². The monoisotopic (exact) mass is 275 g/mol. The zero-order valence-electron chi connectivity index (χ0n) is 9.83.